The van der Waals surface area contributed by atoms with Crippen LogP contribution in [0.15, 0.2) is 41.7 Å². The molecule has 214 valence electrons. The van der Waals surface area contributed by atoms with Gasteiger partial charge in [-0.05, 0) is 55.2 Å². The van der Waals surface area contributed by atoms with Crippen LogP contribution in [0, 0.1) is 0 Å². The third kappa shape index (κ3) is 7.35. The van der Waals surface area contributed by atoms with Gasteiger partial charge >= 0.3 is 6.09 Å². The summed E-state index contributed by atoms with van der Waals surface area (Å²) in [5.41, 5.74) is 4.33. The highest BCUT2D eigenvalue weighted by Gasteiger charge is 2.37. The van der Waals surface area contributed by atoms with E-state index in [0.717, 1.165) is 40.8 Å². The standard InChI is InChI=1S/C29H40ClN3O6/c1-4-38-29(35)33-12-11-24-25-17-21(30)7-10-26(25)31-27(24)28(33)20-5-8-23(9-6-20)39-19-22(34)18-32(13-15-36-2)14-16-37-3/h5,7-8,10,17,22,28,31,34H,4,6,9,11-16,18-19H2,1-3H3. The number of methoxy groups -OCH3 is 2. The molecule has 2 aromatic rings. The van der Waals surface area contributed by atoms with E-state index in [2.05, 4.69) is 9.88 Å². The first-order valence-corrected chi connectivity index (χ1v) is 14.0. The van der Waals surface area contributed by atoms with Crippen LogP contribution in [0.4, 0.5) is 4.79 Å². The molecule has 2 N–H and O–H groups in total. The molecule has 4 rings (SSSR count). The minimum atomic E-state index is -0.636. The van der Waals surface area contributed by atoms with E-state index >= 15 is 0 Å². The smallest absolute Gasteiger partial charge is 0.410 e. The first kappa shape index (κ1) is 29.4. The number of halogens is 1. The van der Waals surface area contributed by atoms with Crippen LogP contribution in [-0.4, -0.2) is 98.9 Å². The van der Waals surface area contributed by atoms with Gasteiger partial charge in [0, 0.05) is 68.4 Å². The first-order chi connectivity index (χ1) is 18.9. The topological polar surface area (TPSA) is 96.5 Å². The largest absolute Gasteiger partial charge is 0.495 e. The summed E-state index contributed by atoms with van der Waals surface area (Å²) in [7, 11) is 3.33. The number of allylic oxidation sites excluding steroid dienone is 3. The monoisotopic (exact) mass is 561 g/mol. The van der Waals surface area contributed by atoms with Crippen LogP contribution in [0.5, 0.6) is 0 Å². The summed E-state index contributed by atoms with van der Waals surface area (Å²) in [4.78, 5) is 20.4. The molecule has 0 fully saturated rings. The third-order valence-corrected chi connectivity index (χ3v) is 7.47. The van der Waals surface area contributed by atoms with Gasteiger partial charge in [-0.15, -0.1) is 0 Å². The van der Waals surface area contributed by atoms with E-state index in [0.29, 0.717) is 57.4 Å². The number of aliphatic hydroxyl groups excluding tert-OH is 1. The highest BCUT2D eigenvalue weighted by Crippen LogP contribution is 2.42. The van der Waals surface area contributed by atoms with Crippen molar-refractivity contribution < 1.29 is 28.8 Å². The number of ether oxygens (including phenoxy) is 4. The van der Waals surface area contributed by atoms with Gasteiger partial charge in [0.2, 0.25) is 0 Å². The molecule has 0 radical (unpaired) electrons. The molecule has 0 saturated heterocycles. The number of fused-ring (bicyclic) bond motifs is 3. The molecule has 9 nitrogen and oxygen atoms in total. The predicted octanol–water partition coefficient (Wildman–Crippen LogP) is 4.45. The minimum absolute atomic E-state index is 0.205. The molecule has 1 aliphatic heterocycles. The van der Waals surface area contributed by atoms with Gasteiger partial charge in [-0.3, -0.25) is 9.80 Å². The molecule has 1 aromatic carbocycles. The fourth-order valence-corrected chi connectivity index (χ4v) is 5.49. The Bertz CT molecular complexity index is 1170. The summed E-state index contributed by atoms with van der Waals surface area (Å²) in [5.74, 6) is 0.820. The Kier molecular flexibility index (Phi) is 10.7. The van der Waals surface area contributed by atoms with E-state index in [1.165, 1.54) is 5.56 Å². The number of nitrogens with one attached hydrogen (secondary N) is 1. The number of aromatic amines is 1. The number of H-pyrrole nitrogens is 1. The lowest BCUT2D eigenvalue weighted by Crippen LogP contribution is -2.41. The summed E-state index contributed by atoms with van der Waals surface area (Å²) in [6, 6.07) is 5.60. The third-order valence-electron chi connectivity index (χ3n) is 7.24. The second-order valence-corrected chi connectivity index (χ2v) is 10.3. The molecule has 0 saturated carbocycles. The zero-order chi connectivity index (χ0) is 27.8. The van der Waals surface area contributed by atoms with Crippen molar-refractivity contribution in [1.29, 1.82) is 0 Å². The average molecular weight is 562 g/mol. The van der Waals surface area contributed by atoms with E-state index in [4.69, 9.17) is 30.5 Å². The van der Waals surface area contributed by atoms with Crippen molar-refractivity contribution in [3.8, 4) is 0 Å². The summed E-state index contributed by atoms with van der Waals surface area (Å²) in [5, 5.41) is 12.4. The molecule has 1 aliphatic carbocycles. The number of amides is 1. The van der Waals surface area contributed by atoms with Crippen molar-refractivity contribution in [2.45, 2.75) is 38.3 Å². The molecule has 2 unspecified atom stereocenters. The van der Waals surface area contributed by atoms with Crippen LogP contribution in [-0.2, 0) is 25.4 Å². The molecular formula is C29H40ClN3O6. The molecule has 0 bridgehead atoms. The van der Waals surface area contributed by atoms with Crippen molar-refractivity contribution in [2.75, 3.05) is 66.8 Å². The summed E-state index contributed by atoms with van der Waals surface area (Å²) in [6.45, 7) is 6.00. The van der Waals surface area contributed by atoms with Crippen LogP contribution >= 0.6 is 11.6 Å². The fraction of sp³-hybridized carbons (Fsp3) is 0.552. The van der Waals surface area contributed by atoms with Crippen LogP contribution < -0.4 is 0 Å². The van der Waals surface area contributed by atoms with Crippen LogP contribution in [0.3, 0.4) is 0 Å². The van der Waals surface area contributed by atoms with Crippen molar-refractivity contribution in [2.24, 2.45) is 0 Å². The van der Waals surface area contributed by atoms with Gasteiger partial charge in [0.05, 0.1) is 31.6 Å². The van der Waals surface area contributed by atoms with Gasteiger partial charge in [0.1, 0.15) is 12.7 Å². The highest BCUT2D eigenvalue weighted by molar-refractivity contribution is 6.31. The number of hydrogen-bond donors (Lipinski definition) is 2. The normalized spacial score (nSPS) is 18.1. The molecule has 10 heteroatoms. The number of aliphatic hydroxyl groups is 1. The minimum Gasteiger partial charge on any atom is -0.495 e. The lowest BCUT2D eigenvalue weighted by atomic mass is 9.88. The predicted molar refractivity (Wildman–Crippen MR) is 151 cm³/mol. The van der Waals surface area contributed by atoms with Crippen LogP contribution in [0.25, 0.3) is 10.9 Å². The lowest BCUT2D eigenvalue weighted by Gasteiger charge is -2.37. The number of hydrogen-bond acceptors (Lipinski definition) is 7. The zero-order valence-electron chi connectivity index (χ0n) is 23.1. The van der Waals surface area contributed by atoms with E-state index in [1.807, 2.05) is 42.2 Å². The summed E-state index contributed by atoms with van der Waals surface area (Å²) >= 11 is 6.30. The van der Waals surface area contributed by atoms with E-state index in [9.17, 15) is 9.90 Å². The van der Waals surface area contributed by atoms with Gasteiger partial charge < -0.3 is 29.0 Å². The van der Waals surface area contributed by atoms with Crippen molar-refractivity contribution in [3.05, 3.63) is 58.0 Å². The maximum atomic E-state index is 12.9. The highest BCUT2D eigenvalue weighted by atomic mass is 35.5. The number of aromatic nitrogens is 1. The first-order valence-electron chi connectivity index (χ1n) is 13.6. The van der Waals surface area contributed by atoms with Gasteiger partial charge in [-0.2, -0.15) is 0 Å². The summed E-state index contributed by atoms with van der Waals surface area (Å²) in [6.07, 6.45) is 5.19. The maximum absolute atomic E-state index is 12.9. The number of carbonyl (C=O) groups is 1. The number of benzene rings is 1. The molecule has 1 amide bonds. The average Bonchev–Trinajstić information content (AvgIpc) is 3.31. The van der Waals surface area contributed by atoms with Gasteiger partial charge in [0.25, 0.3) is 0 Å². The summed E-state index contributed by atoms with van der Waals surface area (Å²) < 4.78 is 21.8. The van der Waals surface area contributed by atoms with E-state index < -0.39 is 6.10 Å². The second kappa shape index (κ2) is 14.2. The number of carbonyl (C=O) groups excluding carboxylic acids is 1. The van der Waals surface area contributed by atoms with Crippen LogP contribution in [0.2, 0.25) is 5.02 Å². The molecule has 1 aromatic heterocycles. The molecule has 2 heterocycles. The Hall–Kier alpha value is -2.56. The Morgan fingerprint density at radius 3 is 2.62 bits per heavy atom. The maximum Gasteiger partial charge on any atom is 0.410 e. The van der Waals surface area contributed by atoms with Gasteiger partial charge in [-0.1, -0.05) is 17.7 Å². The van der Waals surface area contributed by atoms with E-state index in [-0.39, 0.29) is 18.7 Å². The molecule has 2 atom stereocenters. The Morgan fingerprint density at radius 1 is 1.18 bits per heavy atom. The Labute approximate surface area is 235 Å². The lowest BCUT2D eigenvalue weighted by molar-refractivity contribution is 0.0267. The molecular weight excluding hydrogens is 522 g/mol. The van der Waals surface area contributed by atoms with E-state index in [1.54, 1.807) is 14.2 Å². The van der Waals surface area contributed by atoms with Gasteiger partial charge in [0.15, 0.2) is 0 Å². The number of nitrogens with zero attached hydrogens (tertiary/aromatic N) is 2. The molecule has 39 heavy (non-hydrogen) atoms. The van der Waals surface area contributed by atoms with Crippen molar-refractivity contribution >= 4 is 28.6 Å². The Morgan fingerprint density at radius 2 is 1.95 bits per heavy atom. The fourth-order valence-electron chi connectivity index (χ4n) is 5.32. The van der Waals surface area contributed by atoms with Gasteiger partial charge in [-0.25, -0.2) is 4.79 Å². The molecule has 2 aliphatic rings. The van der Waals surface area contributed by atoms with Crippen molar-refractivity contribution in [3.63, 3.8) is 0 Å². The Balaban J connectivity index is 1.48. The molecule has 0 spiro atoms. The second-order valence-electron chi connectivity index (χ2n) is 9.88. The number of rotatable bonds is 13. The quantitative estimate of drug-likeness (QED) is 0.373. The van der Waals surface area contributed by atoms with Crippen LogP contribution in [0.1, 0.15) is 37.1 Å². The van der Waals surface area contributed by atoms with Crippen molar-refractivity contribution in [1.82, 2.24) is 14.8 Å². The zero-order valence-corrected chi connectivity index (χ0v) is 23.8. The SMILES string of the molecule is CCOC(=O)N1CCc2c([nH]c3ccc(Cl)cc23)C1C1=CC=C(OCC(O)CN(CCOC)CCOC)CC1.